The molecule has 0 aliphatic carbocycles. The summed E-state index contributed by atoms with van der Waals surface area (Å²) in [5, 5.41) is 7.05. The van der Waals surface area contributed by atoms with E-state index < -0.39 is 17.6 Å². The van der Waals surface area contributed by atoms with E-state index in [0.29, 0.717) is 17.9 Å². The highest BCUT2D eigenvalue weighted by Gasteiger charge is 2.34. The average Bonchev–Trinajstić information content (AvgIpc) is 3.08. The Bertz CT molecular complexity index is 1010. The third-order valence-electron chi connectivity index (χ3n) is 5.10. The second-order valence-electron chi connectivity index (χ2n) is 7.17. The lowest BCUT2D eigenvalue weighted by molar-refractivity contribution is -0.139. The van der Waals surface area contributed by atoms with Gasteiger partial charge < -0.3 is 11.1 Å². The molecule has 0 amide bonds. The standard InChI is InChI=1S/C19H20F4N6/c20-16-2-1-14(9-15(16)19(21,22)23)27-18-17-12(3-8-29(17)26-11-25-18)10-28-6-4-13(24)5-7-28/h1-3,8-9,11,13H,4-7,10,24H2,(H,25,26,27). The molecule has 1 aromatic carbocycles. The summed E-state index contributed by atoms with van der Waals surface area (Å²) in [4.78, 5) is 6.47. The van der Waals surface area contributed by atoms with Gasteiger partial charge in [-0.3, -0.25) is 4.90 Å². The normalized spacial score (nSPS) is 16.4. The first-order valence-corrected chi connectivity index (χ1v) is 9.24. The number of benzene rings is 1. The predicted octanol–water partition coefficient (Wildman–Crippen LogP) is 3.55. The number of piperidine rings is 1. The van der Waals surface area contributed by atoms with Crippen LogP contribution < -0.4 is 11.1 Å². The summed E-state index contributed by atoms with van der Waals surface area (Å²) >= 11 is 0. The molecule has 1 aliphatic rings. The van der Waals surface area contributed by atoms with E-state index in [0.717, 1.165) is 43.6 Å². The number of likely N-dealkylation sites (tertiary alicyclic amines) is 1. The molecule has 1 saturated heterocycles. The van der Waals surface area contributed by atoms with Crippen LogP contribution in [0.15, 0.2) is 36.8 Å². The third kappa shape index (κ3) is 4.18. The summed E-state index contributed by atoms with van der Waals surface area (Å²) in [5.41, 5.74) is 6.34. The van der Waals surface area contributed by atoms with Crippen molar-refractivity contribution < 1.29 is 17.6 Å². The number of alkyl halides is 3. The fourth-order valence-electron chi connectivity index (χ4n) is 3.55. The van der Waals surface area contributed by atoms with Crippen LogP contribution in [0.5, 0.6) is 0 Å². The molecule has 0 saturated carbocycles. The summed E-state index contributed by atoms with van der Waals surface area (Å²) < 4.78 is 54.2. The molecule has 154 valence electrons. The fourth-order valence-corrected chi connectivity index (χ4v) is 3.55. The molecule has 1 fully saturated rings. The van der Waals surface area contributed by atoms with Crippen molar-refractivity contribution in [3.63, 3.8) is 0 Å². The highest BCUT2D eigenvalue weighted by Crippen LogP contribution is 2.34. The molecule has 2 aromatic heterocycles. The van der Waals surface area contributed by atoms with E-state index in [-0.39, 0.29) is 11.7 Å². The Labute approximate surface area is 164 Å². The van der Waals surface area contributed by atoms with Gasteiger partial charge in [-0.15, -0.1) is 0 Å². The zero-order valence-electron chi connectivity index (χ0n) is 15.5. The van der Waals surface area contributed by atoms with Crippen LogP contribution in [0.4, 0.5) is 29.1 Å². The van der Waals surface area contributed by atoms with Gasteiger partial charge in [-0.1, -0.05) is 0 Å². The minimum Gasteiger partial charge on any atom is -0.338 e. The van der Waals surface area contributed by atoms with Gasteiger partial charge >= 0.3 is 6.18 Å². The summed E-state index contributed by atoms with van der Waals surface area (Å²) in [7, 11) is 0. The van der Waals surface area contributed by atoms with Crippen molar-refractivity contribution in [2.75, 3.05) is 18.4 Å². The Hall–Kier alpha value is -2.72. The minimum atomic E-state index is -4.78. The number of nitrogens with two attached hydrogens (primary N) is 1. The van der Waals surface area contributed by atoms with E-state index in [9.17, 15) is 17.6 Å². The number of halogens is 4. The number of hydrogen-bond donors (Lipinski definition) is 2. The molecule has 0 unspecified atom stereocenters. The molecule has 0 atom stereocenters. The summed E-state index contributed by atoms with van der Waals surface area (Å²) in [5.74, 6) is -0.962. The lowest BCUT2D eigenvalue weighted by Crippen LogP contribution is -2.39. The van der Waals surface area contributed by atoms with Gasteiger partial charge in [0.25, 0.3) is 0 Å². The third-order valence-corrected chi connectivity index (χ3v) is 5.10. The van der Waals surface area contributed by atoms with Gasteiger partial charge in [-0.05, 0) is 55.8 Å². The Morgan fingerprint density at radius 2 is 1.93 bits per heavy atom. The lowest BCUT2D eigenvalue weighted by atomic mass is 10.1. The van der Waals surface area contributed by atoms with E-state index >= 15 is 0 Å². The first kappa shape index (κ1) is 19.6. The molecule has 3 heterocycles. The number of rotatable bonds is 4. The summed E-state index contributed by atoms with van der Waals surface area (Å²) in [6.45, 7) is 2.41. The minimum absolute atomic E-state index is 0.0930. The van der Waals surface area contributed by atoms with Crippen LogP contribution in [-0.2, 0) is 12.7 Å². The maximum Gasteiger partial charge on any atom is 0.419 e. The van der Waals surface area contributed by atoms with Crippen LogP contribution in [0.3, 0.4) is 0 Å². The van der Waals surface area contributed by atoms with Crippen molar-refractivity contribution in [1.82, 2.24) is 19.5 Å². The Balaban J connectivity index is 1.64. The van der Waals surface area contributed by atoms with Gasteiger partial charge in [-0.2, -0.15) is 18.3 Å². The van der Waals surface area contributed by atoms with Gasteiger partial charge in [0.2, 0.25) is 0 Å². The van der Waals surface area contributed by atoms with Crippen LogP contribution >= 0.6 is 0 Å². The van der Waals surface area contributed by atoms with Crippen LogP contribution in [0.1, 0.15) is 24.0 Å². The topological polar surface area (TPSA) is 71.5 Å². The van der Waals surface area contributed by atoms with Crippen molar-refractivity contribution in [2.24, 2.45) is 5.73 Å². The van der Waals surface area contributed by atoms with E-state index in [2.05, 4.69) is 20.3 Å². The zero-order chi connectivity index (χ0) is 20.6. The second-order valence-corrected chi connectivity index (χ2v) is 7.17. The van der Waals surface area contributed by atoms with Gasteiger partial charge in [0.15, 0.2) is 5.82 Å². The first-order chi connectivity index (χ1) is 13.8. The summed E-state index contributed by atoms with van der Waals surface area (Å²) in [6.07, 6.45) is 0.150. The highest BCUT2D eigenvalue weighted by atomic mass is 19.4. The van der Waals surface area contributed by atoms with Crippen LogP contribution in [-0.4, -0.2) is 38.6 Å². The first-order valence-electron chi connectivity index (χ1n) is 9.24. The van der Waals surface area contributed by atoms with E-state index in [4.69, 9.17) is 5.73 Å². The maximum atomic E-state index is 13.6. The van der Waals surface area contributed by atoms with Crippen molar-refractivity contribution in [3.05, 3.63) is 53.7 Å². The highest BCUT2D eigenvalue weighted by molar-refractivity contribution is 5.76. The molecular weight excluding hydrogens is 388 g/mol. The monoisotopic (exact) mass is 408 g/mol. The number of aromatic nitrogens is 3. The summed E-state index contributed by atoms with van der Waals surface area (Å²) in [6, 6.07) is 4.91. The number of nitrogens with one attached hydrogen (secondary N) is 1. The average molecular weight is 408 g/mol. The zero-order valence-corrected chi connectivity index (χ0v) is 15.5. The Morgan fingerprint density at radius 1 is 1.17 bits per heavy atom. The number of anilines is 2. The second kappa shape index (κ2) is 7.60. The largest absolute Gasteiger partial charge is 0.419 e. The molecule has 4 rings (SSSR count). The van der Waals surface area contributed by atoms with Gasteiger partial charge in [-0.25, -0.2) is 13.9 Å². The van der Waals surface area contributed by atoms with Crippen molar-refractivity contribution in [2.45, 2.75) is 31.6 Å². The van der Waals surface area contributed by atoms with Crippen LogP contribution in [0.2, 0.25) is 0 Å². The smallest absolute Gasteiger partial charge is 0.338 e. The molecule has 29 heavy (non-hydrogen) atoms. The fraction of sp³-hybridized carbons (Fsp3) is 0.368. The van der Waals surface area contributed by atoms with Crippen LogP contribution in [0, 0.1) is 5.82 Å². The number of fused-ring (bicyclic) bond motifs is 1. The molecule has 0 bridgehead atoms. The number of hydrogen-bond acceptors (Lipinski definition) is 5. The molecule has 3 N–H and O–H groups in total. The van der Waals surface area contributed by atoms with E-state index in [1.165, 1.54) is 12.4 Å². The van der Waals surface area contributed by atoms with E-state index in [1.807, 2.05) is 6.07 Å². The predicted molar refractivity (Wildman–Crippen MR) is 100 cm³/mol. The van der Waals surface area contributed by atoms with Crippen molar-refractivity contribution >= 4 is 17.0 Å². The van der Waals surface area contributed by atoms with Crippen molar-refractivity contribution in [1.29, 1.82) is 0 Å². The molecule has 6 nitrogen and oxygen atoms in total. The van der Waals surface area contributed by atoms with Crippen LogP contribution in [0.25, 0.3) is 5.52 Å². The van der Waals surface area contributed by atoms with E-state index in [1.54, 1.807) is 10.7 Å². The van der Waals surface area contributed by atoms with Gasteiger partial charge in [0.05, 0.1) is 5.56 Å². The molecule has 3 aromatic rings. The lowest BCUT2D eigenvalue weighted by Gasteiger charge is -2.29. The number of nitrogens with zero attached hydrogens (tertiary/aromatic N) is 4. The van der Waals surface area contributed by atoms with Gasteiger partial charge in [0.1, 0.15) is 17.7 Å². The SMILES string of the molecule is NC1CCN(Cc2ccn3ncnc(Nc4ccc(F)c(C(F)(F)F)c4)c23)CC1. The molecule has 0 radical (unpaired) electrons. The quantitative estimate of drug-likeness (QED) is 0.646. The molecule has 1 aliphatic heterocycles. The van der Waals surface area contributed by atoms with Gasteiger partial charge in [0, 0.05) is 24.5 Å². The molecule has 0 spiro atoms. The Kier molecular flexibility index (Phi) is 5.13. The Morgan fingerprint density at radius 3 is 2.66 bits per heavy atom. The maximum absolute atomic E-state index is 13.6. The molecular formula is C19H20F4N6. The molecule has 10 heteroatoms. The van der Waals surface area contributed by atoms with Crippen molar-refractivity contribution in [3.8, 4) is 0 Å².